The molecule has 0 spiro atoms. The Morgan fingerprint density at radius 1 is 1.05 bits per heavy atom. The van der Waals surface area contributed by atoms with Crippen LogP contribution >= 0.6 is 0 Å². The number of nitrogen functional groups attached to an aromatic ring is 1. The molecule has 0 unspecified atom stereocenters. The van der Waals surface area contributed by atoms with E-state index in [0.717, 1.165) is 22.3 Å². The van der Waals surface area contributed by atoms with Crippen molar-refractivity contribution in [2.45, 2.75) is 19.9 Å². The zero-order chi connectivity index (χ0) is 27.4. The third-order valence-corrected chi connectivity index (χ3v) is 6.27. The molecule has 0 atom stereocenters. The van der Waals surface area contributed by atoms with Gasteiger partial charge in [0.25, 0.3) is 0 Å². The highest BCUT2D eigenvalue weighted by molar-refractivity contribution is 5.95. The zero-order valence-corrected chi connectivity index (χ0v) is 21.2. The number of carbonyl (C=O) groups excluding carboxylic acids is 2. The van der Waals surface area contributed by atoms with Crippen molar-refractivity contribution < 1.29 is 14.0 Å². The van der Waals surface area contributed by atoms with Gasteiger partial charge in [0, 0.05) is 37.1 Å². The number of carbonyl (C=O) groups is 2. The molecule has 5 rings (SSSR count). The Labute approximate surface area is 223 Å². The molecule has 0 aliphatic rings. The average Bonchev–Trinajstić information content (AvgIpc) is 3.32. The van der Waals surface area contributed by atoms with Crippen LogP contribution in [0.15, 0.2) is 73.1 Å². The van der Waals surface area contributed by atoms with E-state index in [1.165, 1.54) is 13.0 Å². The van der Waals surface area contributed by atoms with Crippen molar-refractivity contribution in [1.29, 1.82) is 0 Å². The van der Waals surface area contributed by atoms with Crippen LogP contribution in [0.2, 0.25) is 0 Å². The van der Waals surface area contributed by atoms with Crippen LogP contribution < -0.4 is 16.4 Å². The molecule has 4 N–H and O–H groups in total. The maximum Gasteiger partial charge on any atom is 0.221 e. The molecule has 2 aromatic carbocycles. The summed E-state index contributed by atoms with van der Waals surface area (Å²) in [5, 5.41) is 5.72. The van der Waals surface area contributed by atoms with Crippen LogP contribution in [-0.2, 0) is 17.8 Å². The average molecular weight is 524 g/mol. The van der Waals surface area contributed by atoms with Crippen LogP contribution in [0.25, 0.3) is 28.2 Å². The number of nitrogens with two attached hydrogens (primary N) is 1. The number of aldehydes is 1. The topological polar surface area (TPSA) is 128 Å². The number of imidazole rings is 1. The number of benzene rings is 2. The fraction of sp³-hybridized carbons (Fsp3) is 0.138. The minimum absolute atomic E-state index is 0.0838. The summed E-state index contributed by atoms with van der Waals surface area (Å²) in [7, 11) is 0. The molecular weight excluding hydrogens is 497 g/mol. The molecule has 1 amide bonds. The highest BCUT2D eigenvalue weighted by Gasteiger charge is 2.18. The van der Waals surface area contributed by atoms with Crippen molar-refractivity contribution in [1.82, 2.24) is 24.8 Å². The van der Waals surface area contributed by atoms with E-state index < -0.39 is 11.7 Å². The predicted octanol–water partition coefficient (Wildman–Crippen LogP) is 4.31. The number of fused-ring (bicyclic) bond motifs is 1. The Bertz CT molecular complexity index is 1660. The highest BCUT2D eigenvalue weighted by Crippen LogP contribution is 2.30. The van der Waals surface area contributed by atoms with Crippen LogP contribution in [-0.4, -0.2) is 38.3 Å². The number of anilines is 2. The molecular formula is C29H26FN7O2. The van der Waals surface area contributed by atoms with Crippen molar-refractivity contribution in [2.24, 2.45) is 0 Å². The normalized spacial score (nSPS) is 11.0. The summed E-state index contributed by atoms with van der Waals surface area (Å²) < 4.78 is 16.8. The van der Waals surface area contributed by atoms with Gasteiger partial charge in [-0.05, 0) is 66.6 Å². The summed E-state index contributed by atoms with van der Waals surface area (Å²) in [6, 6.07) is 18.5. The summed E-state index contributed by atoms with van der Waals surface area (Å²) in [4.78, 5) is 36.1. The Hall–Kier alpha value is -4.96. The van der Waals surface area contributed by atoms with Gasteiger partial charge in [0.15, 0.2) is 23.6 Å². The first kappa shape index (κ1) is 25.7. The first-order valence-electron chi connectivity index (χ1n) is 12.3. The second-order valence-corrected chi connectivity index (χ2v) is 8.95. The standard InChI is InChI=1S/C29H26FN7O2/c1-18(39)35-26-21(17-38)9-8-20(25(26)30)12-15-32-16-19-6-10-22(11-7-19)37-28(23-4-2-13-33-27(23)31)36-24-5-3-14-34-29(24)37/h2-11,13-14,17,32H,12,15-16H2,1H3,(H2,31,33)(H,35,39). The number of hydrogen-bond acceptors (Lipinski definition) is 7. The number of aromatic nitrogens is 4. The van der Waals surface area contributed by atoms with Crippen LogP contribution in [0, 0.1) is 5.82 Å². The smallest absolute Gasteiger partial charge is 0.221 e. The molecule has 10 heteroatoms. The second kappa shape index (κ2) is 11.2. The quantitative estimate of drug-likeness (QED) is 0.194. The molecule has 5 aromatic rings. The summed E-state index contributed by atoms with van der Waals surface area (Å²) in [5.41, 5.74) is 10.7. The van der Waals surface area contributed by atoms with E-state index in [1.54, 1.807) is 18.5 Å². The van der Waals surface area contributed by atoms with E-state index in [0.29, 0.717) is 48.6 Å². The van der Waals surface area contributed by atoms with Gasteiger partial charge in [-0.2, -0.15) is 0 Å². The Morgan fingerprint density at radius 3 is 2.56 bits per heavy atom. The van der Waals surface area contributed by atoms with Crippen molar-refractivity contribution in [3.63, 3.8) is 0 Å². The van der Waals surface area contributed by atoms with E-state index in [-0.39, 0.29) is 11.3 Å². The van der Waals surface area contributed by atoms with E-state index in [2.05, 4.69) is 20.6 Å². The van der Waals surface area contributed by atoms with Crippen molar-refractivity contribution >= 4 is 34.9 Å². The first-order chi connectivity index (χ1) is 19.0. The Balaban J connectivity index is 1.30. The van der Waals surface area contributed by atoms with Gasteiger partial charge in [-0.1, -0.05) is 18.2 Å². The molecule has 196 valence electrons. The molecule has 0 radical (unpaired) electrons. The van der Waals surface area contributed by atoms with Gasteiger partial charge in [-0.25, -0.2) is 19.3 Å². The molecule has 9 nitrogen and oxygen atoms in total. The SMILES string of the molecule is CC(=O)Nc1c(C=O)ccc(CCNCc2ccc(-n3c(-c4cccnc4N)nc4cccnc43)cc2)c1F. The fourth-order valence-corrected chi connectivity index (χ4v) is 4.39. The maximum absolute atomic E-state index is 14.9. The van der Waals surface area contributed by atoms with Gasteiger partial charge < -0.3 is 16.4 Å². The van der Waals surface area contributed by atoms with E-state index >= 15 is 0 Å². The molecule has 0 saturated carbocycles. The van der Waals surface area contributed by atoms with E-state index in [9.17, 15) is 14.0 Å². The molecule has 39 heavy (non-hydrogen) atoms. The predicted molar refractivity (Wildman–Crippen MR) is 148 cm³/mol. The molecule has 0 bridgehead atoms. The summed E-state index contributed by atoms with van der Waals surface area (Å²) in [5.74, 6) is 0.0103. The molecule has 0 fully saturated rings. The number of nitrogens with one attached hydrogen (secondary N) is 2. The van der Waals surface area contributed by atoms with Gasteiger partial charge in [0.05, 0.1) is 11.3 Å². The highest BCUT2D eigenvalue weighted by atomic mass is 19.1. The summed E-state index contributed by atoms with van der Waals surface area (Å²) in [6.07, 6.45) is 4.28. The van der Waals surface area contributed by atoms with Gasteiger partial charge in [-0.3, -0.25) is 14.2 Å². The third kappa shape index (κ3) is 5.36. The van der Waals surface area contributed by atoms with Gasteiger partial charge in [0.1, 0.15) is 11.3 Å². The van der Waals surface area contributed by atoms with Gasteiger partial charge in [-0.15, -0.1) is 0 Å². The van der Waals surface area contributed by atoms with E-state index in [4.69, 9.17) is 10.7 Å². The number of amides is 1. The second-order valence-electron chi connectivity index (χ2n) is 8.95. The van der Waals surface area contributed by atoms with Gasteiger partial charge in [0.2, 0.25) is 5.91 Å². The van der Waals surface area contributed by atoms with Crippen molar-refractivity contribution in [2.75, 3.05) is 17.6 Å². The molecule has 3 aromatic heterocycles. The molecule has 0 saturated heterocycles. The van der Waals surface area contributed by atoms with Gasteiger partial charge >= 0.3 is 0 Å². The van der Waals surface area contributed by atoms with Crippen LogP contribution in [0.3, 0.4) is 0 Å². The lowest BCUT2D eigenvalue weighted by molar-refractivity contribution is -0.114. The zero-order valence-electron chi connectivity index (χ0n) is 21.2. The number of halogens is 1. The number of hydrogen-bond donors (Lipinski definition) is 3. The van der Waals surface area contributed by atoms with Crippen LogP contribution in [0.5, 0.6) is 0 Å². The first-order valence-corrected chi connectivity index (χ1v) is 12.3. The van der Waals surface area contributed by atoms with E-state index in [1.807, 2.05) is 53.1 Å². The largest absolute Gasteiger partial charge is 0.383 e. The molecule has 0 aliphatic carbocycles. The summed E-state index contributed by atoms with van der Waals surface area (Å²) >= 11 is 0. The maximum atomic E-state index is 14.9. The number of rotatable bonds is 9. The lowest BCUT2D eigenvalue weighted by Gasteiger charge is -2.12. The number of nitrogens with zero attached hydrogens (tertiary/aromatic N) is 4. The molecule has 3 heterocycles. The lowest BCUT2D eigenvalue weighted by atomic mass is 10.1. The minimum atomic E-state index is -0.591. The van der Waals surface area contributed by atoms with Crippen molar-refractivity contribution in [3.8, 4) is 17.1 Å². The monoisotopic (exact) mass is 523 g/mol. The lowest BCUT2D eigenvalue weighted by Crippen LogP contribution is -2.18. The third-order valence-electron chi connectivity index (χ3n) is 6.27. The Morgan fingerprint density at radius 2 is 1.82 bits per heavy atom. The van der Waals surface area contributed by atoms with Crippen LogP contribution in [0.4, 0.5) is 15.9 Å². The molecule has 0 aliphatic heterocycles. The minimum Gasteiger partial charge on any atom is -0.383 e. The van der Waals surface area contributed by atoms with Crippen molar-refractivity contribution in [3.05, 3.63) is 95.6 Å². The Kier molecular flexibility index (Phi) is 7.37. The number of pyridine rings is 2. The summed E-state index contributed by atoms with van der Waals surface area (Å²) in [6.45, 7) is 2.34. The fourth-order valence-electron chi connectivity index (χ4n) is 4.39. The van der Waals surface area contributed by atoms with Crippen LogP contribution in [0.1, 0.15) is 28.4 Å².